The summed E-state index contributed by atoms with van der Waals surface area (Å²) in [5, 5.41) is 3.76. The number of ether oxygens (including phenoxy) is 1. The first-order valence-electron chi connectivity index (χ1n) is 9.41. The fourth-order valence-corrected chi connectivity index (χ4v) is 7.09. The normalized spacial score (nSPS) is 30.5. The largest absolute Gasteiger partial charge is 0.365 e. The third-order valence-corrected chi connectivity index (χ3v) is 8.49. The molecule has 1 aromatic heterocycles. The molecule has 1 amide bonds. The molecule has 10 heteroatoms. The first-order valence-corrected chi connectivity index (χ1v) is 11.3. The van der Waals surface area contributed by atoms with Crippen LogP contribution < -0.4 is 0 Å². The van der Waals surface area contributed by atoms with Crippen LogP contribution in [0.15, 0.2) is 34.9 Å². The molecule has 8 nitrogen and oxygen atoms in total. The Morgan fingerprint density at radius 2 is 2.07 bits per heavy atom. The van der Waals surface area contributed by atoms with E-state index in [-0.39, 0.29) is 37.3 Å². The second-order valence-corrected chi connectivity index (χ2v) is 10.5. The summed E-state index contributed by atoms with van der Waals surface area (Å²) in [5.41, 5.74) is 0.172. The molecule has 2 bridgehead atoms. The van der Waals surface area contributed by atoms with E-state index < -0.39 is 20.9 Å². The second kappa shape index (κ2) is 6.53. The number of rotatable bonds is 3. The molecule has 3 aliphatic rings. The molecule has 0 aliphatic carbocycles. The molecule has 154 valence electrons. The van der Waals surface area contributed by atoms with Gasteiger partial charge in [0.25, 0.3) is 5.91 Å². The van der Waals surface area contributed by atoms with E-state index in [1.54, 1.807) is 30.0 Å². The van der Waals surface area contributed by atoms with Gasteiger partial charge in [-0.05, 0) is 31.0 Å². The monoisotopic (exact) mass is 437 g/mol. The molecule has 5 rings (SSSR count). The molecular formula is C19H20ClN3O5S. The Morgan fingerprint density at radius 1 is 1.31 bits per heavy atom. The van der Waals surface area contributed by atoms with Crippen LogP contribution in [0.5, 0.6) is 0 Å². The summed E-state index contributed by atoms with van der Waals surface area (Å²) >= 11 is 5.93. The van der Waals surface area contributed by atoms with E-state index >= 15 is 0 Å². The summed E-state index contributed by atoms with van der Waals surface area (Å²) in [6.07, 6.45) is 0.0966. The van der Waals surface area contributed by atoms with Crippen molar-refractivity contribution >= 4 is 27.5 Å². The highest BCUT2D eigenvalue weighted by Crippen LogP contribution is 2.47. The van der Waals surface area contributed by atoms with Gasteiger partial charge < -0.3 is 14.2 Å². The van der Waals surface area contributed by atoms with E-state index in [0.717, 1.165) is 5.56 Å². The average molecular weight is 438 g/mol. The van der Waals surface area contributed by atoms with Gasteiger partial charge in [-0.3, -0.25) is 4.79 Å². The van der Waals surface area contributed by atoms with Crippen molar-refractivity contribution in [1.82, 2.24) is 14.4 Å². The van der Waals surface area contributed by atoms with E-state index in [9.17, 15) is 13.2 Å². The fraction of sp³-hybridized carbons (Fsp3) is 0.474. The van der Waals surface area contributed by atoms with Gasteiger partial charge in [-0.2, -0.15) is 4.31 Å². The number of carbonyl (C=O) groups excluding carboxylic acids is 1. The molecule has 3 aliphatic heterocycles. The fourth-order valence-electron chi connectivity index (χ4n) is 4.67. The van der Waals surface area contributed by atoms with E-state index in [1.807, 2.05) is 12.1 Å². The first-order chi connectivity index (χ1) is 13.8. The van der Waals surface area contributed by atoms with E-state index in [4.69, 9.17) is 20.9 Å². The number of aromatic nitrogens is 1. The Balaban J connectivity index is 1.40. The SMILES string of the molecule is Cc1cc(C(=O)N2C[C@H]3C[C@@H]4[C@@](C2)(CN(Cc2ccc(Cl)cc2)S4(=O)=O)O3)no1. The van der Waals surface area contributed by atoms with Gasteiger partial charge in [0.2, 0.25) is 10.0 Å². The van der Waals surface area contributed by atoms with Crippen molar-refractivity contribution in [3.63, 3.8) is 0 Å². The van der Waals surface area contributed by atoms with Crippen LogP contribution in [0.25, 0.3) is 0 Å². The van der Waals surface area contributed by atoms with Crippen LogP contribution in [-0.2, 0) is 21.3 Å². The lowest BCUT2D eigenvalue weighted by atomic mass is 9.99. The summed E-state index contributed by atoms with van der Waals surface area (Å²) in [4.78, 5) is 14.5. The van der Waals surface area contributed by atoms with Crippen LogP contribution >= 0.6 is 11.6 Å². The number of carbonyl (C=O) groups is 1. The zero-order valence-corrected chi connectivity index (χ0v) is 17.3. The molecule has 3 fully saturated rings. The summed E-state index contributed by atoms with van der Waals surface area (Å²) in [6, 6.07) is 8.71. The van der Waals surface area contributed by atoms with Gasteiger partial charge in [0.1, 0.15) is 16.6 Å². The van der Waals surface area contributed by atoms with Crippen molar-refractivity contribution in [2.45, 2.75) is 36.8 Å². The van der Waals surface area contributed by atoms with Crippen molar-refractivity contribution in [3.05, 3.63) is 52.4 Å². The molecule has 2 aromatic rings. The number of fused-ring (bicyclic) bond motifs is 1. The van der Waals surface area contributed by atoms with Crippen LogP contribution in [0.1, 0.15) is 28.2 Å². The maximum Gasteiger partial charge on any atom is 0.276 e. The number of sulfonamides is 1. The Hall–Kier alpha value is -1.94. The van der Waals surface area contributed by atoms with E-state index in [2.05, 4.69) is 5.16 Å². The van der Waals surface area contributed by atoms with Gasteiger partial charge in [0, 0.05) is 30.7 Å². The summed E-state index contributed by atoms with van der Waals surface area (Å²) in [6.45, 7) is 2.77. The number of hydrogen-bond donors (Lipinski definition) is 0. The number of likely N-dealkylation sites (tertiary alicyclic amines) is 1. The predicted molar refractivity (Wildman–Crippen MR) is 104 cm³/mol. The van der Waals surface area contributed by atoms with Crippen LogP contribution in [-0.4, -0.2) is 65.3 Å². The third-order valence-electron chi connectivity index (χ3n) is 5.92. The number of aryl methyl sites for hydroxylation is 1. The van der Waals surface area contributed by atoms with Crippen molar-refractivity contribution in [2.24, 2.45) is 0 Å². The van der Waals surface area contributed by atoms with Crippen LogP contribution in [0.2, 0.25) is 5.02 Å². The third kappa shape index (κ3) is 3.07. The molecule has 29 heavy (non-hydrogen) atoms. The summed E-state index contributed by atoms with van der Waals surface area (Å²) < 4.78 is 39.1. The molecule has 0 N–H and O–H groups in total. The minimum Gasteiger partial charge on any atom is -0.365 e. The average Bonchev–Trinajstić information content (AvgIpc) is 3.28. The molecule has 3 atom stereocenters. The van der Waals surface area contributed by atoms with Crippen LogP contribution in [0.4, 0.5) is 0 Å². The second-order valence-electron chi connectivity index (χ2n) is 7.98. The zero-order chi connectivity index (χ0) is 20.4. The summed E-state index contributed by atoms with van der Waals surface area (Å²) in [5.74, 6) is 0.293. The van der Waals surface area contributed by atoms with E-state index in [0.29, 0.717) is 23.7 Å². The zero-order valence-electron chi connectivity index (χ0n) is 15.7. The first kappa shape index (κ1) is 19.0. The lowest BCUT2D eigenvalue weighted by molar-refractivity contribution is -0.0981. The molecule has 4 heterocycles. The van der Waals surface area contributed by atoms with Gasteiger partial charge in [0.15, 0.2) is 5.69 Å². The molecule has 0 radical (unpaired) electrons. The lowest BCUT2D eigenvalue weighted by Crippen LogP contribution is -2.56. The number of nitrogens with zero attached hydrogens (tertiary/aromatic N) is 3. The highest BCUT2D eigenvalue weighted by molar-refractivity contribution is 7.90. The maximum absolute atomic E-state index is 13.2. The van der Waals surface area contributed by atoms with Crippen LogP contribution in [0.3, 0.4) is 0 Å². The van der Waals surface area contributed by atoms with Gasteiger partial charge in [-0.15, -0.1) is 0 Å². The van der Waals surface area contributed by atoms with Gasteiger partial charge >= 0.3 is 0 Å². The van der Waals surface area contributed by atoms with Crippen LogP contribution in [0, 0.1) is 6.92 Å². The van der Waals surface area contributed by atoms with Crippen molar-refractivity contribution in [1.29, 1.82) is 0 Å². The highest BCUT2D eigenvalue weighted by Gasteiger charge is 2.65. The number of amides is 1. The van der Waals surface area contributed by atoms with E-state index in [1.165, 1.54) is 4.31 Å². The smallest absolute Gasteiger partial charge is 0.276 e. The quantitative estimate of drug-likeness (QED) is 0.727. The Morgan fingerprint density at radius 3 is 2.76 bits per heavy atom. The van der Waals surface area contributed by atoms with Crippen molar-refractivity contribution < 1.29 is 22.5 Å². The van der Waals surface area contributed by atoms with Gasteiger partial charge in [-0.25, -0.2) is 8.42 Å². The molecular weight excluding hydrogens is 418 g/mol. The minimum atomic E-state index is -3.54. The minimum absolute atomic E-state index is 0.218. The van der Waals surface area contributed by atoms with Crippen molar-refractivity contribution in [3.8, 4) is 0 Å². The number of morpholine rings is 1. The molecule has 3 saturated heterocycles. The lowest BCUT2D eigenvalue weighted by Gasteiger charge is -2.39. The maximum atomic E-state index is 13.2. The Kier molecular flexibility index (Phi) is 4.29. The highest BCUT2D eigenvalue weighted by atomic mass is 35.5. The Bertz CT molecular complexity index is 1070. The van der Waals surface area contributed by atoms with Gasteiger partial charge in [-0.1, -0.05) is 28.9 Å². The molecule has 1 aromatic carbocycles. The van der Waals surface area contributed by atoms with Gasteiger partial charge in [0.05, 0.1) is 12.6 Å². The van der Waals surface area contributed by atoms with Crippen molar-refractivity contribution in [2.75, 3.05) is 19.6 Å². The molecule has 0 unspecified atom stereocenters. The topological polar surface area (TPSA) is 93.0 Å². The molecule has 0 saturated carbocycles. The predicted octanol–water partition coefficient (Wildman–Crippen LogP) is 1.83. The number of hydrogen-bond acceptors (Lipinski definition) is 6. The molecule has 1 spiro atoms. The standard InChI is InChI=1S/C19H20ClN3O5S/c1-12-6-16(21-28-12)18(24)22-9-15-7-17-19(10-22,27-15)11-23(29(17,25)26)8-13-2-4-14(20)5-3-13/h2-6,15,17H,7-11H2,1H3/t15-,17-,19-/m1/s1. The summed E-state index contributed by atoms with van der Waals surface area (Å²) in [7, 11) is -3.54. The Labute approximate surface area is 173 Å². The number of halogens is 1. The number of benzene rings is 1.